The third kappa shape index (κ3) is 5.08. The van der Waals surface area contributed by atoms with E-state index in [1.165, 1.54) is 41.1 Å². The minimum absolute atomic E-state index is 0.285. The van der Waals surface area contributed by atoms with Gasteiger partial charge in [0.25, 0.3) is 5.56 Å². The molecule has 3 aromatic rings. The van der Waals surface area contributed by atoms with Crippen molar-refractivity contribution in [3.05, 3.63) is 101 Å². The molecule has 0 unspecified atom stereocenters. The van der Waals surface area contributed by atoms with Gasteiger partial charge in [-0.25, -0.2) is 4.39 Å². The lowest BCUT2D eigenvalue weighted by molar-refractivity contribution is -0.274. The standard InChI is InChI=1S/C24H17F4NO3/c25-17-8-6-16(7-9-17)21-15-29(18-10-12-20(13-11-18)32-24(26,27)28)23(30)14-22(21)31-19-4-2-1-3-5-19/h2,4-15H,1,3H2. The van der Waals surface area contributed by atoms with Gasteiger partial charge in [-0.05, 0) is 67.0 Å². The van der Waals surface area contributed by atoms with E-state index in [1.807, 2.05) is 18.2 Å². The molecule has 0 N–H and O–H groups in total. The van der Waals surface area contributed by atoms with E-state index < -0.39 is 23.5 Å². The molecule has 1 aromatic heterocycles. The lowest BCUT2D eigenvalue weighted by atomic mass is 10.1. The molecule has 4 nitrogen and oxygen atoms in total. The summed E-state index contributed by atoms with van der Waals surface area (Å²) in [4.78, 5) is 12.8. The van der Waals surface area contributed by atoms with Crippen molar-refractivity contribution in [1.82, 2.24) is 4.57 Å². The SMILES string of the molecule is O=c1cc(OC2=CCCC=C2)c(-c2ccc(F)cc2)cn1-c1ccc(OC(F)(F)F)cc1. The Morgan fingerprint density at radius 3 is 2.28 bits per heavy atom. The molecule has 1 heterocycles. The van der Waals surface area contributed by atoms with Gasteiger partial charge in [0.1, 0.15) is 23.1 Å². The van der Waals surface area contributed by atoms with E-state index in [-0.39, 0.29) is 5.75 Å². The Kier molecular flexibility index (Phi) is 5.85. The van der Waals surface area contributed by atoms with Gasteiger partial charge in [-0.3, -0.25) is 9.36 Å². The predicted octanol–water partition coefficient (Wildman–Crippen LogP) is 6.15. The Morgan fingerprint density at radius 1 is 0.938 bits per heavy atom. The molecule has 1 aliphatic rings. The van der Waals surface area contributed by atoms with Gasteiger partial charge in [-0.2, -0.15) is 0 Å². The summed E-state index contributed by atoms with van der Waals surface area (Å²) in [6.45, 7) is 0. The maximum Gasteiger partial charge on any atom is 0.573 e. The predicted molar refractivity (Wildman–Crippen MR) is 111 cm³/mol. The molecule has 2 aromatic carbocycles. The summed E-state index contributed by atoms with van der Waals surface area (Å²) < 4.78 is 61.8. The summed E-state index contributed by atoms with van der Waals surface area (Å²) in [5.74, 6) is 0.0600. The van der Waals surface area contributed by atoms with Crippen LogP contribution in [0.1, 0.15) is 12.8 Å². The number of benzene rings is 2. The second kappa shape index (κ2) is 8.74. The van der Waals surface area contributed by atoms with Crippen LogP contribution >= 0.6 is 0 Å². The molecule has 0 amide bonds. The van der Waals surface area contributed by atoms with Crippen molar-refractivity contribution < 1.29 is 27.0 Å². The van der Waals surface area contributed by atoms with Gasteiger partial charge in [0.05, 0.1) is 0 Å². The number of pyridine rings is 1. The molecule has 8 heteroatoms. The Bertz CT molecular complexity index is 1220. The van der Waals surface area contributed by atoms with Crippen molar-refractivity contribution in [3.8, 4) is 28.3 Å². The second-order valence-corrected chi connectivity index (χ2v) is 7.00. The highest BCUT2D eigenvalue weighted by molar-refractivity contribution is 5.70. The summed E-state index contributed by atoms with van der Waals surface area (Å²) in [5, 5.41) is 0. The molecular formula is C24H17F4NO3. The first-order valence-electron chi connectivity index (χ1n) is 9.72. The van der Waals surface area contributed by atoms with Gasteiger partial charge in [0, 0.05) is 23.5 Å². The van der Waals surface area contributed by atoms with Crippen molar-refractivity contribution in [3.63, 3.8) is 0 Å². The highest BCUT2D eigenvalue weighted by atomic mass is 19.4. The number of nitrogens with zero attached hydrogens (tertiary/aromatic N) is 1. The lowest BCUT2D eigenvalue weighted by Gasteiger charge is -2.16. The minimum atomic E-state index is -4.81. The molecule has 0 aliphatic heterocycles. The maximum atomic E-state index is 13.4. The zero-order chi connectivity index (χ0) is 22.7. The number of alkyl halides is 3. The molecular weight excluding hydrogens is 426 g/mol. The van der Waals surface area contributed by atoms with Gasteiger partial charge >= 0.3 is 6.36 Å². The number of ether oxygens (including phenoxy) is 2. The lowest BCUT2D eigenvalue weighted by Crippen LogP contribution is -2.19. The van der Waals surface area contributed by atoms with Crippen LogP contribution in [0.5, 0.6) is 11.5 Å². The number of halogens is 4. The zero-order valence-electron chi connectivity index (χ0n) is 16.6. The van der Waals surface area contributed by atoms with Crippen LogP contribution in [0.4, 0.5) is 17.6 Å². The Hall–Kier alpha value is -3.81. The van der Waals surface area contributed by atoms with E-state index in [2.05, 4.69) is 4.74 Å². The van der Waals surface area contributed by atoms with Crippen molar-refractivity contribution in [2.75, 3.05) is 0 Å². The Labute approximate surface area is 180 Å². The van der Waals surface area contributed by atoms with Crippen LogP contribution in [0, 0.1) is 5.82 Å². The van der Waals surface area contributed by atoms with Gasteiger partial charge in [0.2, 0.25) is 0 Å². The molecule has 1 aliphatic carbocycles. The smallest absolute Gasteiger partial charge is 0.457 e. The number of aromatic nitrogens is 1. The Morgan fingerprint density at radius 2 is 1.66 bits per heavy atom. The van der Waals surface area contributed by atoms with Crippen LogP contribution in [0.25, 0.3) is 16.8 Å². The van der Waals surface area contributed by atoms with E-state index in [0.29, 0.717) is 22.6 Å². The van der Waals surface area contributed by atoms with Gasteiger partial charge in [-0.15, -0.1) is 13.2 Å². The molecule has 0 spiro atoms. The number of allylic oxidation sites excluding steroid dienone is 3. The van der Waals surface area contributed by atoms with Crippen molar-refractivity contribution in [1.29, 1.82) is 0 Å². The van der Waals surface area contributed by atoms with E-state index in [9.17, 15) is 22.4 Å². The summed E-state index contributed by atoms with van der Waals surface area (Å²) in [6.07, 6.45) is 4.07. The molecule has 0 saturated heterocycles. The molecule has 0 radical (unpaired) electrons. The third-order valence-electron chi connectivity index (χ3n) is 4.71. The van der Waals surface area contributed by atoms with Crippen molar-refractivity contribution >= 4 is 0 Å². The van der Waals surface area contributed by atoms with E-state index in [0.717, 1.165) is 25.0 Å². The first-order valence-corrected chi connectivity index (χ1v) is 9.72. The first-order chi connectivity index (χ1) is 15.3. The van der Waals surface area contributed by atoms with E-state index in [1.54, 1.807) is 12.1 Å². The number of hydrogen-bond donors (Lipinski definition) is 0. The average molecular weight is 443 g/mol. The molecule has 4 rings (SSSR count). The number of hydrogen-bond acceptors (Lipinski definition) is 3. The van der Waals surface area contributed by atoms with Crippen LogP contribution in [-0.2, 0) is 0 Å². The molecule has 0 saturated carbocycles. The van der Waals surface area contributed by atoms with Crippen LogP contribution in [0.3, 0.4) is 0 Å². The van der Waals surface area contributed by atoms with Gasteiger partial charge in [-0.1, -0.05) is 18.2 Å². The van der Waals surface area contributed by atoms with Crippen LogP contribution in [-0.4, -0.2) is 10.9 Å². The minimum Gasteiger partial charge on any atom is -0.457 e. The van der Waals surface area contributed by atoms with Crippen molar-refractivity contribution in [2.24, 2.45) is 0 Å². The number of rotatable bonds is 5. The summed E-state index contributed by atoms with van der Waals surface area (Å²) in [7, 11) is 0. The summed E-state index contributed by atoms with van der Waals surface area (Å²) in [5.41, 5.74) is 1.000. The van der Waals surface area contributed by atoms with Crippen LogP contribution < -0.4 is 15.0 Å². The fourth-order valence-corrected chi connectivity index (χ4v) is 3.25. The molecule has 0 bridgehead atoms. The van der Waals surface area contributed by atoms with Gasteiger partial charge < -0.3 is 9.47 Å². The highest BCUT2D eigenvalue weighted by Crippen LogP contribution is 2.32. The average Bonchev–Trinajstić information content (AvgIpc) is 2.75. The van der Waals surface area contributed by atoms with E-state index in [4.69, 9.17) is 4.74 Å². The molecule has 0 fully saturated rings. The summed E-state index contributed by atoms with van der Waals surface area (Å²) >= 11 is 0. The topological polar surface area (TPSA) is 40.5 Å². The zero-order valence-corrected chi connectivity index (χ0v) is 16.6. The fourth-order valence-electron chi connectivity index (χ4n) is 3.25. The van der Waals surface area contributed by atoms with E-state index >= 15 is 0 Å². The molecule has 164 valence electrons. The monoisotopic (exact) mass is 443 g/mol. The maximum absolute atomic E-state index is 13.4. The van der Waals surface area contributed by atoms with Crippen LogP contribution in [0.15, 0.2) is 89.6 Å². The van der Waals surface area contributed by atoms with Gasteiger partial charge in [0.15, 0.2) is 0 Å². The highest BCUT2D eigenvalue weighted by Gasteiger charge is 2.31. The fraction of sp³-hybridized carbons (Fsp3) is 0.125. The first kappa shape index (κ1) is 21.4. The van der Waals surface area contributed by atoms with Crippen LogP contribution in [0.2, 0.25) is 0 Å². The van der Waals surface area contributed by atoms with Crippen molar-refractivity contribution in [2.45, 2.75) is 19.2 Å². The normalized spacial score (nSPS) is 13.6. The molecule has 0 atom stereocenters. The summed E-state index contributed by atoms with van der Waals surface area (Å²) in [6, 6.07) is 11.9. The molecule has 32 heavy (non-hydrogen) atoms. The second-order valence-electron chi connectivity index (χ2n) is 7.00. The quantitative estimate of drug-likeness (QED) is 0.444. The largest absolute Gasteiger partial charge is 0.573 e. The Balaban J connectivity index is 1.76. The third-order valence-corrected chi connectivity index (χ3v) is 4.71.